The van der Waals surface area contributed by atoms with E-state index in [1.807, 2.05) is 0 Å². The number of carbonyl (C=O) groups is 1. The van der Waals surface area contributed by atoms with Crippen molar-refractivity contribution in [2.24, 2.45) is 0 Å². The van der Waals surface area contributed by atoms with Crippen molar-refractivity contribution < 1.29 is 31.8 Å². The van der Waals surface area contributed by atoms with Crippen molar-refractivity contribution in [1.29, 1.82) is 0 Å². The van der Waals surface area contributed by atoms with E-state index in [0.717, 1.165) is 0 Å². The summed E-state index contributed by atoms with van der Waals surface area (Å²) in [6, 6.07) is 10.8. The first-order valence-corrected chi connectivity index (χ1v) is 10.2. The molecule has 0 saturated heterocycles. The Bertz CT molecular complexity index is 1200. The molecule has 0 amide bonds. The smallest absolute Gasteiger partial charge is 0.417 e. The van der Waals surface area contributed by atoms with Crippen LogP contribution in [0.25, 0.3) is 11.3 Å². The van der Waals surface area contributed by atoms with E-state index in [2.05, 4.69) is 4.98 Å². The Morgan fingerprint density at radius 1 is 1.03 bits per heavy atom. The number of hydrogen-bond donors (Lipinski definition) is 0. The third kappa shape index (κ3) is 5.63. The Labute approximate surface area is 193 Å². The van der Waals surface area contributed by atoms with Crippen LogP contribution in [0.5, 0.6) is 11.6 Å². The van der Waals surface area contributed by atoms with Gasteiger partial charge in [-0.15, -0.1) is 0 Å². The zero-order chi connectivity index (χ0) is 24.6. The summed E-state index contributed by atoms with van der Waals surface area (Å²) in [5.74, 6) is -2.78. The lowest BCUT2D eigenvalue weighted by atomic mass is 10.0. The average molecular weight is 482 g/mol. The van der Waals surface area contributed by atoms with Gasteiger partial charge in [0.25, 0.3) is 0 Å². The lowest BCUT2D eigenvalue weighted by Gasteiger charge is -2.23. The number of ether oxygens (including phenoxy) is 2. The van der Waals surface area contributed by atoms with Gasteiger partial charge in [0.15, 0.2) is 0 Å². The molecular formula is C24H20ClF4NO3. The van der Waals surface area contributed by atoms with E-state index in [0.29, 0.717) is 6.07 Å². The first-order valence-electron chi connectivity index (χ1n) is 9.81. The third-order valence-corrected chi connectivity index (χ3v) is 4.72. The van der Waals surface area contributed by atoms with E-state index < -0.39 is 40.6 Å². The summed E-state index contributed by atoms with van der Waals surface area (Å²) in [4.78, 5) is 16.9. The maximum atomic E-state index is 14.7. The summed E-state index contributed by atoms with van der Waals surface area (Å²) >= 11 is 6.09. The average Bonchev–Trinajstić information content (AvgIpc) is 2.69. The van der Waals surface area contributed by atoms with Crippen LogP contribution in [0.15, 0.2) is 48.5 Å². The molecule has 1 heterocycles. The van der Waals surface area contributed by atoms with E-state index >= 15 is 0 Å². The van der Waals surface area contributed by atoms with Gasteiger partial charge in [0, 0.05) is 5.56 Å². The lowest BCUT2D eigenvalue weighted by Crippen LogP contribution is -2.26. The maximum Gasteiger partial charge on any atom is 0.417 e. The van der Waals surface area contributed by atoms with E-state index in [1.165, 1.54) is 58.0 Å². The lowest BCUT2D eigenvalue weighted by molar-refractivity contribution is -0.138. The molecule has 1 aromatic heterocycles. The Balaban J connectivity index is 2.33. The predicted octanol–water partition coefficient (Wildman–Crippen LogP) is 7.62. The predicted molar refractivity (Wildman–Crippen MR) is 116 cm³/mol. The zero-order valence-electron chi connectivity index (χ0n) is 18.2. The minimum absolute atomic E-state index is 0.0357. The molecule has 0 aliphatic heterocycles. The largest absolute Gasteiger partial charge is 0.456 e. The van der Waals surface area contributed by atoms with Crippen LogP contribution in [-0.2, 0) is 10.9 Å². The van der Waals surface area contributed by atoms with Crippen LogP contribution in [0.1, 0.15) is 42.3 Å². The van der Waals surface area contributed by atoms with Gasteiger partial charge in [-0.25, -0.2) is 14.2 Å². The van der Waals surface area contributed by atoms with Crippen molar-refractivity contribution in [3.63, 3.8) is 0 Å². The molecular weight excluding hydrogens is 462 g/mol. The van der Waals surface area contributed by atoms with Gasteiger partial charge in [-0.2, -0.15) is 13.2 Å². The molecule has 0 spiro atoms. The van der Waals surface area contributed by atoms with Gasteiger partial charge in [-0.05, 0) is 57.5 Å². The van der Waals surface area contributed by atoms with E-state index in [1.54, 1.807) is 12.1 Å². The van der Waals surface area contributed by atoms with Crippen LogP contribution in [0, 0.1) is 12.7 Å². The summed E-state index contributed by atoms with van der Waals surface area (Å²) in [6.45, 7) is 6.00. The molecule has 9 heteroatoms. The molecule has 0 N–H and O–H groups in total. The number of benzene rings is 2. The molecule has 0 atom stereocenters. The van der Waals surface area contributed by atoms with Gasteiger partial charge in [-0.1, -0.05) is 35.9 Å². The van der Waals surface area contributed by atoms with Crippen molar-refractivity contribution in [2.45, 2.75) is 39.5 Å². The van der Waals surface area contributed by atoms with Crippen LogP contribution < -0.4 is 4.74 Å². The fourth-order valence-electron chi connectivity index (χ4n) is 2.96. The highest BCUT2D eigenvalue weighted by atomic mass is 35.5. The highest BCUT2D eigenvalue weighted by Gasteiger charge is 2.40. The van der Waals surface area contributed by atoms with Crippen molar-refractivity contribution in [2.75, 3.05) is 0 Å². The number of pyridine rings is 1. The van der Waals surface area contributed by atoms with Crippen LogP contribution in [0.2, 0.25) is 5.02 Å². The second kappa shape index (κ2) is 9.02. The number of hydrogen-bond acceptors (Lipinski definition) is 4. The second-order valence-corrected chi connectivity index (χ2v) is 8.61. The number of alkyl halides is 3. The van der Waals surface area contributed by atoms with Gasteiger partial charge in [0.05, 0.1) is 16.3 Å². The highest BCUT2D eigenvalue weighted by molar-refractivity contribution is 6.32. The number of aromatic nitrogens is 1. The van der Waals surface area contributed by atoms with Gasteiger partial charge in [0.1, 0.15) is 22.7 Å². The van der Waals surface area contributed by atoms with Crippen molar-refractivity contribution in [3.8, 4) is 22.9 Å². The molecule has 0 fully saturated rings. The molecule has 3 aromatic rings. The number of esters is 1. The van der Waals surface area contributed by atoms with Crippen molar-refractivity contribution >= 4 is 17.6 Å². The number of nitrogens with zero attached hydrogens (tertiary/aromatic N) is 1. The van der Waals surface area contributed by atoms with Gasteiger partial charge < -0.3 is 9.47 Å². The topological polar surface area (TPSA) is 48.4 Å². The Morgan fingerprint density at radius 3 is 2.30 bits per heavy atom. The minimum Gasteiger partial charge on any atom is -0.456 e. The summed E-state index contributed by atoms with van der Waals surface area (Å²) in [7, 11) is 0. The molecule has 2 aromatic carbocycles. The Morgan fingerprint density at radius 2 is 1.70 bits per heavy atom. The molecule has 0 bridgehead atoms. The van der Waals surface area contributed by atoms with Crippen molar-refractivity contribution in [3.05, 3.63) is 76.1 Å². The number of aryl methyl sites for hydroxylation is 1. The molecule has 0 aliphatic carbocycles. The molecule has 4 nitrogen and oxygen atoms in total. The maximum absolute atomic E-state index is 14.7. The van der Waals surface area contributed by atoms with Gasteiger partial charge in [-0.3, -0.25) is 0 Å². The monoisotopic (exact) mass is 481 g/mol. The van der Waals surface area contributed by atoms with Crippen LogP contribution in [0.3, 0.4) is 0 Å². The standard InChI is InChI=1S/C24H20ClF4NO3/c1-13-8-7-9-14(20(13)26)17-12-15(24(27,28)29)19(22(31)33-23(2,3)4)21(30-17)32-18-11-6-5-10-16(18)25/h5-12H,1-4H3. The molecule has 3 rings (SSSR count). The van der Waals surface area contributed by atoms with Crippen LogP contribution in [0.4, 0.5) is 17.6 Å². The van der Waals surface area contributed by atoms with Crippen molar-refractivity contribution in [1.82, 2.24) is 4.98 Å². The first-order chi connectivity index (χ1) is 15.3. The first kappa shape index (κ1) is 24.5. The second-order valence-electron chi connectivity index (χ2n) is 8.20. The molecule has 0 radical (unpaired) electrons. The molecule has 0 unspecified atom stereocenters. The molecule has 0 aliphatic rings. The summed E-state index contributed by atoms with van der Waals surface area (Å²) in [5.41, 5.74) is -3.73. The number of rotatable bonds is 4. The number of halogens is 5. The van der Waals surface area contributed by atoms with E-state index in [-0.39, 0.29) is 27.6 Å². The van der Waals surface area contributed by atoms with Gasteiger partial charge in [0.2, 0.25) is 5.88 Å². The molecule has 0 saturated carbocycles. The minimum atomic E-state index is -5.00. The number of para-hydroxylation sites is 1. The molecule has 174 valence electrons. The van der Waals surface area contributed by atoms with E-state index in [4.69, 9.17) is 21.1 Å². The van der Waals surface area contributed by atoms with E-state index in [9.17, 15) is 22.4 Å². The third-order valence-electron chi connectivity index (χ3n) is 4.41. The number of carbonyl (C=O) groups excluding carboxylic acids is 1. The fourth-order valence-corrected chi connectivity index (χ4v) is 3.13. The SMILES string of the molecule is Cc1cccc(-c2cc(C(F)(F)F)c(C(=O)OC(C)(C)C)c(Oc3ccccc3Cl)n2)c1F. The zero-order valence-corrected chi connectivity index (χ0v) is 18.9. The quantitative estimate of drug-likeness (QED) is 0.284. The summed E-state index contributed by atoms with van der Waals surface area (Å²) < 4.78 is 67.8. The van der Waals surface area contributed by atoms with Crippen LogP contribution in [-0.4, -0.2) is 16.6 Å². The Hall–Kier alpha value is -3.13. The summed E-state index contributed by atoms with van der Waals surface area (Å²) in [5, 5.41) is 0.0788. The Kier molecular flexibility index (Phi) is 6.70. The molecule has 33 heavy (non-hydrogen) atoms. The normalized spacial score (nSPS) is 11.9. The van der Waals surface area contributed by atoms with Crippen LogP contribution >= 0.6 is 11.6 Å². The highest BCUT2D eigenvalue weighted by Crippen LogP contribution is 2.41. The fraction of sp³-hybridized carbons (Fsp3) is 0.250. The summed E-state index contributed by atoms with van der Waals surface area (Å²) in [6.07, 6.45) is -5.00. The van der Waals surface area contributed by atoms with Gasteiger partial charge >= 0.3 is 12.1 Å².